The van der Waals surface area contributed by atoms with Crippen LogP contribution in [-0.2, 0) is 31.0 Å². The summed E-state index contributed by atoms with van der Waals surface area (Å²) < 4.78 is 0. The zero-order valence-corrected chi connectivity index (χ0v) is 18.1. The summed E-state index contributed by atoms with van der Waals surface area (Å²) in [6, 6.07) is 0. The third-order valence-corrected chi connectivity index (χ3v) is 1.88. The Kier molecular flexibility index (Phi) is 45.4. The molecule has 0 heterocycles. The first kappa shape index (κ1) is 32.5. The molecule has 1 N–H and O–H groups in total. The first-order valence-corrected chi connectivity index (χ1v) is 8.61. The molecule has 1 amide bonds. The van der Waals surface area contributed by atoms with Crippen molar-refractivity contribution in [1.82, 2.24) is 0 Å². The fourth-order valence-electron chi connectivity index (χ4n) is 1.03. The van der Waals surface area contributed by atoms with Gasteiger partial charge in [-0.25, -0.2) is 11.6 Å². The van der Waals surface area contributed by atoms with Gasteiger partial charge in [0, 0.05) is 15.4 Å². The molecule has 115 valence electrons. The maximum absolute atomic E-state index is 9.99. The molecule has 6 heteroatoms. The van der Waals surface area contributed by atoms with E-state index in [-0.39, 0.29) is 51.0 Å². The fourth-order valence-corrected chi connectivity index (χ4v) is 1.03. The van der Waals surface area contributed by atoms with Crippen LogP contribution in [0.2, 0.25) is 13.1 Å². The molecule has 0 saturated carbocycles. The fraction of sp³-hybridized carbons (Fsp3) is 0.643. The summed E-state index contributed by atoms with van der Waals surface area (Å²) >= 11 is 0. The smallest absolute Gasteiger partial charge is 1.00 e. The first-order chi connectivity index (χ1) is 8.08. The van der Waals surface area contributed by atoms with E-state index in [1.807, 2.05) is 6.08 Å². The summed E-state index contributed by atoms with van der Waals surface area (Å²) in [4.78, 5) is 9.99. The number of rotatable bonds is 4. The van der Waals surface area contributed by atoms with E-state index in [1.54, 1.807) is 0 Å². The van der Waals surface area contributed by atoms with Crippen LogP contribution >= 0.6 is 0 Å². The Bertz CT molecular complexity index is 247. The molecular weight excluding hydrogens is 388 g/mol. The molecule has 0 aromatic carbocycles. The molecule has 1 aliphatic rings. The van der Waals surface area contributed by atoms with E-state index < -0.39 is 5.91 Å². The molecule has 20 heavy (non-hydrogen) atoms. The monoisotopic (exact) mass is 412 g/mol. The van der Waals surface area contributed by atoms with E-state index in [2.05, 4.69) is 39.1 Å². The molecule has 0 fully saturated rings. The van der Waals surface area contributed by atoms with Crippen molar-refractivity contribution >= 4 is 15.4 Å². The van der Waals surface area contributed by atoms with E-state index in [0.29, 0.717) is 6.42 Å². The summed E-state index contributed by atoms with van der Waals surface area (Å²) in [6.45, 7) is 8.58. The van der Waals surface area contributed by atoms with E-state index in [1.165, 1.54) is 5.57 Å². The topological polar surface area (TPSA) is 40.9 Å². The molecule has 2 nitrogen and oxygen atoms in total. The van der Waals surface area contributed by atoms with Crippen LogP contribution in [0.1, 0.15) is 46.0 Å². The van der Waals surface area contributed by atoms with Gasteiger partial charge in [0.25, 0.3) is 0 Å². The van der Waals surface area contributed by atoms with Gasteiger partial charge in [-0.3, -0.25) is 6.08 Å². The zero-order valence-electron chi connectivity index (χ0n) is 12.9. The molecule has 0 spiro atoms. The summed E-state index contributed by atoms with van der Waals surface area (Å²) in [5.74, 6) is -0.432. The minimum atomic E-state index is -0.432. The van der Waals surface area contributed by atoms with Gasteiger partial charge in [0.15, 0.2) is 0 Å². The van der Waals surface area contributed by atoms with Crippen LogP contribution in [0.25, 0.3) is 5.73 Å². The number of allylic oxidation sites excluding steroid dienone is 4. The predicted molar refractivity (Wildman–Crippen MR) is 78.5 cm³/mol. The van der Waals surface area contributed by atoms with Gasteiger partial charge in [-0.2, -0.15) is 6.08 Å². The number of amides is 1. The first-order valence-electron chi connectivity index (χ1n) is 6.30. The van der Waals surface area contributed by atoms with Crippen LogP contribution < -0.4 is 24.8 Å². The number of hydrogen-bond acceptors (Lipinski definition) is 1. The average molecular weight is 415 g/mol. The van der Waals surface area contributed by atoms with Crippen molar-refractivity contribution in [3.63, 3.8) is 0 Å². The number of hydrogen-bond donors (Lipinski definition) is 0. The summed E-state index contributed by atoms with van der Waals surface area (Å²) in [5, 5.41) is 0. The largest absolute Gasteiger partial charge is 4.00 e. The molecule has 1 aliphatic carbocycles. The molecule has 0 aromatic heterocycles. The minimum Gasteiger partial charge on any atom is -1.00 e. The van der Waals surface area contributed by atoms with Crippen LogP contribution in [0.5, 0.6) is 0 Å². The van der Waals surface area contributed by atoms with Crippen LogP contribution in [-0.4, -0.2) is 15.4 Å². The second-order valence-electron chi connectivity index (χ2n) is 3.96. The Morgan fingerprint density at radius 1 is 1.35 bits per heavy atom. The predicted octanol–water partition coefficient (Wildman–Crippen LogP) is -1.63. The van der Waals surface area contributed by atoms with E-state index in [9.17, 15) is 4.79 Å². The third-order valence-electron chi connectivity index (χ3n) is 1.88. The Labute approximate surface area is 159 Å². The van der Waals surface area contributed by atoms with Gasteiger partial charge in [0.2, 0.25) is 0 Å². The van der Waals surface area contributed by atoms with Crippen LogP contribution in [0.4, 0.5) is 0 Å². The maximum atomic E-state index is 9.99. The number of carbonyl (C=O) groups is 1. The van der Waals surface area contributed by atoms with Gasteiger partial charge >= 0.3 is 26.2 Å². The van der Waals surface area contributed by atoms with Crippen molar-refractivity contribution in [2.45, 2.75) is 59.0 Å². The average Bonchev–Trinajstić information content (AvgIpc) is 2.71. The van der Waals surface area contributed by atoms with Crippen LogP contribution in [0.3, 0.4) is 0 Å². The molecule has 1 rings (SSSR count). The second-order valence-corrected chi connectivity index (χ2v) is 5.11. The third kappa shape index (κ3) is 36.3. The zero-order chi connectivity index (χ0) is 13.5. The summed E-state index contributed by atoms with van der Waals surface area (Å²) in [5.41, 5.74) is 7.86. The van der Waals surface area contributed by atoms with Gasteiger partial charge in [-0.1, -0.05) is 32.9 Å². The Balaban J connectivity index is -0.0000000565. The van der Waals surface area contributed by atoms with Gasteiger partial charge < -0.3 is 35.3 Å². The van der Waals surface area contributed by atoms with Crippen molar-refractivity contribution in [2.75, 3.05) is 0 Å². The molecule has 0 unspecified atom stereocenters. The molecule has 1 radical (unpaired) electrons. The number of unbranched alkanes of at least 4 members (excludes halogenated alkanes) is 2. The summed E-state index contributed by atoms with van der Waals surface area (Å²) in [7, 11) is 0.750. The molecule has 0 bridgehead atoms. The Morgan fingerprint density at radius 2 is 1.85 bits per heavy atom. The SMILES string of the molecule is CC1=CC[C-]=C1.CCCCCC([NH-])=O.C[SiH]C.[Cl-].[Cl-].[Zr+4]. The molecule has 0 aromatic rings. The van der Waals surface area contributed by atoms with Crippen molar-refractivity contribution in [3.05, 3.63) is 29.5 Å². The number of halogens is 2. The normalized spacial score (nSPS) is 10.1. The van der Waals surface area contributed by atoms with Crippen molar-refractivity contribution in [1.29, 1.82) is 0 Å². The number of nitrogens with one attached hydrogen (secondary N) is 1. The van der Waals surface area contributed by atoms with E-state index >= 15 is 0 Å². The second kappa shape index (κ2) is 27.9. The van der Waals surface area contributed by atoms with E-state index in [4.69, 9.17) is 5.73 Å². The number of carbonyl (C=O) groups excluding carboxylic acids is 1. The van der Waals surface area contributed by atoms with E-state index in [0.717, 1.165) is 35.2 Å². The Hall–Kier alpha value is 0.630. The van der Waals surface area contributed by atoms with Crippen LogP contribution in [0, 0.1) is 6.08 Å². The van der Waals surface area contributed by atoms with Gasteiger partial charge in [0.1, 0.15) is 0 Å². The van der Waals surface area contributed by atoms with Crippen LogP contribution in [0.15, 0.2) is 17.7 Å². The van der Waals surface area contributed by atoms with Gasteiger partial charge in [-0.05, 0) is 12.8 Å². The molecule has 0 atom stereocenters. The quantitative estimate of drug-likeness (QED) is 0.309. The maximum Gasteiger partial charge on any atom is 4.00 e. The minimum absolute atomic E-state index is 0. The molecule has 0 saturated heterocycles. The van der Waals surface area contributed by atoms with Crippen molar-refractivity contribution in [2.24, 2.45) is 0 Å². The standard InChI is InChI=1S/C6H13NO.C6H7.C2H7Si.2ClH.Zr/c1-2-3-4-5-6(7)8;1-6-4-2-3-5-6;1-3-2;;;/h2-5H2,1H3,(H2,7,8);4-5H,2H2,1H3;3H,1-2H3;2*1H;/q;-1;;;;+4/p-3. The Morgan fingerprint density at radius 3 is 2.05 bits per heavy atom. The van der Waals surface area contributed by atoms with Gasteiger partial charge in [-0.15, -0.1) is 13.3 Å². The summed E-state index contributed by atoms with van der Waals surface area (Å²) in [6.07, 6.45) is 11.8. The molecular formula is C14H26Cl2NOSiZr. The van der Waals surface area contributed by atoms with Crippen molar-refractivity contribution in [3.8, 4) is 0 Å². The van der Waals surface area contributed by atoms with Gasteiger partial charge in [0.05, 0.1) is 0 Å². The van der Waals surface area contributed by atoms with Crippen molar-refractivity contribution < 1.29 is 55.8 Å². The molecule has 0 aliphatic heterocycles.